The zero-order valence-electron chi connectivity index (χ0n) is 9.02. The molecule has 0 saturated heterocycles. The summed E-state index contributed by atoms with van der Waals surface area (Å²) in [6.07, 6.45) is 7.86. The summed E-state index contributed by atoms with van der Waals surface area (Å²) in [5.41, 5.74) is 0.275. The Bertz CT molecular complexity index is 486. The topological polar surface area (TPSA) is 78.0 Å². The number of nitrogens with zero attached hydrogens (tertiary/aromatic N) is 3. The highest BCUT2D eigenvalue weighted by Crippen LogP contribution is 1.99. The molecule has 0 aliphatic heterocycles. The molecule has 0 aliphatic rings. The highest BCUT2D eigenvalue weighted by Gasteiger charge is 2.02. The van der Waals surface area contributed by atoms with Crippen molar-refractivity contribution in [2.75, 3.05) is 0 Å². The Morgan fingerprint density at radius 3 is 2.94 bits per heavy atom. The van der Waals surface area contributed by atoms with Gasteiger partial charge in [-0.3, -0.25) is 19.6 Å². The largest absolute Gasteiger partial charge is 0.296 e. The molecule has 0 amide bonds. The number of carbonyl (C=O) groups excluding carboxylic acids is 1. The Hall–Kier alpha value is -2.50. The quantitative estimate of drug-likeness (QED) is 0.323. The van der Waals surface area contributed by atoms with E-state index in [0.717, 1.165) is 0 Å². The molecule has 17 heavy (non-hydrogen) atoms. The number of rotatable bonds is 6. The van der Waals surface area contributed by atoms with Crippen LogP contribution in [-0.2, 0) is 6.54 Å². The van der Waals surface area contributed by atoms with Crippen molar-refractivity contribution in [3.05, 3.63) is 64.7 Å². The fourth-order valence-corrected chi connectivity index (χ4v) is 1.12. The first-order chi connectivity index (χ1) is 8.17. The van der Waals surface area contributed by atoms with Crippen LogP contribution in [-0.4, -0.2) is 21.0 Å². The highest BCUT2D eigenvalue weighted by atomic mass is 16.6. The third-order valence-corrected chi connectivity index (χ3v) is 1.86. The Morgan fingerprint density at radius 2 is 2.41 bits per heavy atom. The van der Waals surface area contributed by atoms with E-state index in [2.05, 4.69) is 11.7 Å². The van der Waals surface area contributed by atoms with Gasteiger partial charge in [-0.1, -0.05) is 18.7 Å². The second kappa shape index (κ2) is 6.16. The lowest BCUT2D eigenvalue weighted by Gasteiger charge is -1.93. The molecule has 0 unspecified atom stereocenters. The van der Waals surface area contributed by atoms with Crippen LogP contribution in [0.2, 0.25) is 0 Å². The number of carbonyl (C=O) groups is 1. The first-order valence-electron chi connectivity index (χ1n) is 4.79. The molecule has 0 fully saturated rings. The fourth-order valence-electron chi connectivity index (χ4n) is 1.12. The van der Waals surface area contributed by atoms with E-state index in [1.165, 1.54) is 22.9 Å². The number of aromatic nitrogens is 2. The molecule has 0 aromatic carbocycles. The maximum absolute atomic E-state index is 10.6. The summed E-state index contributed by atoms with van der Waals surface area (Å²) in [4.78, 5) is 20.4. The minimum Gasteiger partial charge on any atom is -0.296 e. The fraction of sp³-hybridized carbons (Fsp3) is 0.0909. The average Bonchev–Trinajstić information content (AvgIpc) is 2.75. The molecule has 1 rings (SSSR count). The van der Waals surface area contributed by atoms with Gasteiger partial charge < -0.3 is 0 Å². The highest BCUT2D eigenvalue weighted by molar-refractivity contribution is 5.71. The van der Waals surface area contributed by atoms with Gasteiger partial charge in [0, 0.05) is 18.3 Å². The van der Waals surface area contributed by atoms with Crippen LogP contribution in [0, 0.1) is 10.1 Å². The molecule has 0 aliphatic carbocycles. The van der Waals surface area contributed by atoms with Gasteiger partial charge in [-0.25, -0.2) is 0 Å². The van der Waals surface area contributed by atoms with Crippen molar-refractivity contribution in [2.24, 2.45) is 0 Å². The van der Waals surface area contributed by atoms with Crippen LogP contribution in [0.5, 0.6) is 0 Å². The standard InChI is InChI=1S/C11H11N3O3/c1-2-4-11(14(16)17)5-3-7-13-8-6-10(9-15)12-13/h2-6,8-9H,1,7H2/b5-3-,11-4+. The van der Waals surface area contributed by atoms with Crippen molar-refractivity contribution >= 4 is 6.29 Å². The lowest BCUT2D eigenvalue weighted by Crippen LogP contribution is -1.98. The summed E-state index contributed by atoms with van der Waals surface area (Å²) in [5.74, 6) is 0. The Labute approximate surface area is 97.7 Å². The van der Waals surface area contributed by atoms with Gasteiger partial charge in [0.1, 0.15) is 5.69 Å². The van der Waals surface area contributed by atoms with Crippen LogP contribution in [0.3, 0.4) is 0 Å². The summed E-state index contributed by atoms with van der Waals surface area (Å²) in [6, 6.07) is 1.56. The van der Waals surface area contributed by atoms with E-state index in [1.54, 1.807) is 18.3 Å². The van der Waals surface area contributed by atoms with Crippen molar-refractivity contribution in [1.29, 1.82) is 0 Å². The Balaban J connectivity index is 2.65. The summed E-state index contributed by atoms with van der Waals surface area (Å²) in [7, 11) is 0. The van der Waals surface area contributed by atoms with Gasteiger partial charge in [0.25, 0.3) is 5.70 Å². The van der Waals surface area contributed by atoms with Crippen LogP contribution in [0.4, 0.5) is 0 Å². The number of hydrogen-bond acceptors (Lipinski definition) is 4. The predicted molar refractivity (Wildman–Crippen MR) is 62.0 cm³/mol. The number of aldehydes is 1. The van der Waals surface area contributed by atoms with Crippen molar-refractivity contribution in [1.82, 2.24) is 9.78 Å². The van der Waals surface area contributed by atoms with E-state index in [-0.39, 0.29) is 5.70 Å². The first kappa shape index (κ1) is 12.6. The molecule has 1 aromatic heterocycles. The molecule has 0 radical (unpaired) electrons. The molecule has 1 heterocycles. The minimum absolute atomic E-state index is 0.0530. The van der Waals surface area contributed by atoms with Gasteiger partial charge in [-0.2, -0.15) is 5.10 Å². The second-order valence-corrected chi connectivity index (χ2v) is 3.07. The Kier molecular flexibility index (Phi) is 4.56. The van der Waals surface area contributed by atoms with Crippen molar-refractivity contribution < 1.29 is 9.72 Å². The van der Waals surface area contributed by atoms with Gasteiger partial charge in [0.15, 0.2) is 6.29 Å². The van der Waals surface area contributed by atoms with E-state index in [4.69, 9.17) is 0 Å². The van der Waals surface area contributed by atoms with E-state index in [0.29, 0.717) is 18.5 Å². The molecule has 1 aromatic rings. The molecule has 6 heteroatoms. The predicted octanol–water partition coefficient (Wildman–Crippen LogP) is 1.60. The summed E-state index contributed by atoms with van der Waals surface area (Å²) >= 11 is 0. The van der Waals surface area contributed by atoms with Crippen LogP contribution in [0.1, 0.15) is 10.5 Å². The molecule has 0 atom stereocenters. The molecule has 6 nitrogen and oxygen atoms in total. The third kappa shape index (κ3) is 3.86. The average molecular weight is 233 g/mol. The van der Waals surface area contributed by atoms with Crippen molar-refractivity contribution in [3.8, 4) is 0 Å². The second-order valence-electron chi connectivity index (χ2n) is 3.07. The van der Waals surface area contributed by atoms with Gasteiger partial charge >= 0.3 is 0 Å². The van der Waals surface area contributed by atoms with Gasteiger partial charge in [0.2, 0.25) is 0 Å². The molecule has 0 spiro atoms. The summed E-state index contributed by atoms with van der Waals surface area (Å²) < 4.78 is 1.51. The minimum atomic E-state index is -0.502. The molecular weight excluding hydrogens is 222 g/mol. The van der Waals surface area contributed by atoms with E-state index >= 15 is 0 Å². The van der Waals surface area contributed by atoms with Crippen molar-refractivity contribution in [3.63, 3.8) is 0 Å². The van der Waals surface area contributed by atoms with Crippen LogP contribution >= 0.6 is 0 Å². The zero-order chi connectivity index (χ0) is 12.7. The van der Waals surface area contributed by atoms with Crippen molar-refractivity contribution in [2.45, 2.75) is 6.54 Å². The maximum Gasteiger partial charge on any atom is 0.269 e. The van der Waals surface area contributed by atoms with E-state index in [9.17, 15) is 14.9 Å². The monoisotopic (exact) mass is 233 g/mol. The van der Waals surface area contributed by atoms with Gasteiger partial charge in [-0.15, -0.1) is 0 Å². The molecule has 88 valence electrons. The lowest BCUT2D eigenvalue weighted by molar-refractivity contribution is -0.419. The van der Waals surface area contributed by atoms with E-state index < -0.39 is 4.92 Å². The zero-order valence-corrected chi connectivity index (χ0v) is 9.02. The van der Waals surface area contributed by atoms with Crippen LogP contribution < -0.4 is 0 Å². The number of hydrogen-bond donors (Lipinski definition) is 0. The maximum atomic E-state index is 10.6. The van der Waals surface area contributed by atoms with Crippen LogP contribution in [0.25, 0.3) is 0 Å². The molecule has 0 N–H and O–H groups in total. The SMILES string of the molecule is C=C/C=C(\C=C/Cn1ccc(C=O)n1)[N+](=O)[O-]. The van der Waals surface area contributed by atoms with E-state index in [1.807, 2.05) is 0 Å². The smallest absolute Gasteiger partial charge is 0.269 e. The number of allylic oxidation sites excluding steroid dienone is 4. The lowest BCUT2D eigenvalue weighted by atomic mass is 10.3. The van der Waals surface area contributed by atoms with Crippen LogP contribution in [0.15, 0.2) is 48.8 Å². The van der Waals surface area contributed by atoms with Gasteiger partial charge in [0.05, 0.1) is 11.5 Å². The molecule has 0 bridgehead atoms. The summed E-state index contributed by atoms with van der Waals surface area (Å²) in [5, 5.41) is 14.5. The number of nitro groups is 1. The molecule has 0 saturated carbocycles. The summed E-state index contributed by atoms with van der Waals surface area (Å²) in [6.45, 7) is 3.75. The normalized spacial score (nSPS) is 11.6. The first-order valence-corrected chi connectivity index (χ1v) is 4.79. The molecular formula is C11H11N3O3. The Morgan fingerprint density at radius 1 is 1.65 bits per heavy atom. The van der Waals surface area contributed by atoms with Gasteiger partial charge in [-0.05, 0) is 6.07 Å². The third-order valence-electron chi connectivity index (χ3n) is 1.86.